The smallest absolute Gasteiger partial charge is 0.338 e. The molecule has 4 rings (SSSR count). The number of hydrogen-bond donors (Lipinski definition) is 1. The van der Waals surface area contributed by atoms with Crippen LogP contribution in [0.25, 0.3) is 0 Å². The molecular formula is C27H34N4O3. The van der Waals surface area contributed by atoms with Gasteiger partial charge in [-0.15, -0.1) is 0 Å². The highest BCUT2D eigenvalue weighted by Crippen LogP contribution is 2.32. The van der Waals surface area contributed by atoms with E-state index < -0.39 is 6.04 Å². The Kier molecular flexibility index (Phi) is 7.22. The van der Waals surface area contributed by atoms with Crippen molar-refractivity contribution in [3.8, 4) is 0 Å². The molecular weight excluding hydrogens is 428 g/mol. The van der Waals surface area contributed by atoms with E-state index in [0.717, 1.165) is 37.3 Å². The fraction of sp³-hybridized carbons (Fsp3) is 0.407. The van der Waals surface area contributed by atoms with Gasteiger partial charge in [-0.2, -0.15) is 0 Å². The van der Waals surface area contributed by atoms with Crippen molar-refractivity contribution < 1.29 is 14.3 Å². The summed E-state index contributed by atoms with van der Waals surface area (Å²) >= 11 is 0. The van der Waals surface area contributed by atoms with Crippen LogP contribution >= 0.6 is 0 Å². The van der Waals surface area contributed by atoms with Crippen molar-refractivity contribution in [3.05, 3.63) is 76.5 Å². The van der Waals surface area contributed by atoms with Gasteiger partial charge < -0.3 is 15.0 Å². The highest BCUT2D eigenvalue weighted by Gasteiger charge is 2.37. The van der Waals surface area contributed by atoms with Gasteiger partial charge in [0.05, 0.1) is 18.2 Å². The number of nitrogens with zero attached hydrogens (tertiary/aromatic N) is 3. The predicted molar refractivity (Wildman–Crippen MR) is 134 cm³/mol. The number of rotatable bonds is 6. The Hall–Kier alpha value is -3.32. The maximum Gasteiger partial charge on any atom is 0.338 e. The van der Waals surface area contributed by atoms with E-state index in [0.29, 0.717) is 17.8 Å². The fourth-order valence-electron chi connectivity index (χ4n) is 4.68. The number of carbonyl (C=O) groups excluding carboxylic acids is 2. The lowest BCUT2D eigenvalue weighted by Crippen LogP contribution is -2.52. The molecule has 0 aliphatic carbocycles. The average Bonchev–Trinajstić information content (AvgIpc) is 2.83. The first-order chi connectivity index (χ1) is 16.4. The van der Waals surface area contributed by atoms with Gasteiger partial charge in [0.15, 0.2) is 0 Å². The van der Waals surface area contributed by atoms with Gasteiger partial charge in [-0.3, -0.25) is 9.80 Å². The molecule has 0 saturated carbocycles. The van der Waals surface area contributed by atoms with E-state index in [9.17, 15) is 9.59 Å². The number of urea groups is 1. The standard InChI is InChI=1S/C27H34N4O3/c1-5-34-26(32)24-23(29(4)27(33)28-25(24)21-12-10-19(2)11-13-21)18-30-14-16-31(17-15-30)22-9-7-6-8-20(22)3/h6-13,25H,5,14-18H2,1-4H3,(H,28,33). The minimum atomic E-state index is -0.536. The summed E-state index contributed by atoms with van der Waals surface area (Å²) in [5.74, 6) is -0.381. The van der Waals surface area contributed by atoms with Crippen LogP contribution in [-0.4, -0.2) is 68.2 Å². The van der Waals surface area contributed by atoms with Gasteiger partial charge in [0.25, 0.3) is 0 Å². The number of piperazine rings is 1. The van der Waals surface area contributed by atoms with Crippen LogP contribution in [-0.2, 0) is 9.53 Å². The molecule has 1 atom stereocenters. The number of hydrogen-bond acceptors (Lipinski definition) is 5. The lowest BCUT2D eigenvalue weighted by molar-refractivity contribution is -0.139. The molecule has 1 saturated heterocycles. The van der Waals surface area contributed by atoms with Crippen LogP contribution in [0.2, 0.25) is 0 Å². The van der Waals surface area contributed by atoms with Crippen LogP contribution in [0.15, 0.2) is 59.8 Å². The number of carbonyl (C=O) groups is 2. The highest BCUT2D eigenvalue weighted by molar-refractivity contribution is 5.95. The summed E-state index contributed by atoms with van der Waals surface area (Å²) < 4.78 is 5.45. The summed E-state index contributed by atoms with van der Waals surface area (Å²) in [6.07, 6.45) is 0. The number of nitrogens with one attached hydrogen (secondary N) is 1. The first-order valence-electron chi connectivity index (χ1n) is 11.9. The van der Waals surface area contributed by atoms with Crippen molar-refractivity contribution in [1.29, 1.82) is 0 Å². The molecule has 2 aromatic rings. The SMILES string of the molecule is CCOC(=O)C1=C(CN2CCN(c3ccccc3C)CC2)N(C)C(=O)NC1c1ccc(C)cc1. The number of benzene rings is 2. The summed E-state index contributed by atoms with van der Waals surface area (Å²) in [4.78, 5) is 32.3. The monoisotopic (exact) mass is 462 g/mol. The lowest BCUT2D eigenvalue weighted by Gasteiger charge is -2.40. The Labute approximate surface area is 202 Å². The molecule has 1 unspecified atom stereocenters. The molecule has 2 aliphatic rings. The van der Waals surface area contributed by atoms with E-state index in [2.05, 4.69) is 46.3 Å². The van der Waals surface area contributed by atoms with Crippen LogP contribution < -0.4 is 10.2 Å². The molecule has 0 bridgehead atoms. The van der Waals surface area contributed by atoms with Gasteiger partial charge in [0.2, 0.25) is 0 Å². The van der Waals surface area contributed by atoms with Crippen molar-refractivity contribution in [1.82, 2.24) is 15.1 Å². The van der Waals surface area contributed by atoms with Gasteiger partial charge in [-0.25, -0.2) is 9.59 Å². The number of aryl methyl sites for hydroxylation is 2. The summed E-state index contributed by atoms with van der Waals surface area (Å²) in [5, 5.41) is 2.99. The summed E-state index contributed by atoms with van der Waals surface area (Å²) in [6, 6.07) is 15.6. The lowest BCUT2D eigenvalue weighted by atomic mass is 9.93. The van der Waals surface area contributed by atoms with Gasteiger partial charge in [-0.05, 0) is 38.0 Å². The first-order valence-corrected chi connectivity index (χ1v) is 11.9. The molecule has 1 fully saturated rings. The van der Waals surface area contributed by atoms with E-state index in [1.54, 1.807) is 18.9 Å². The third-order valence-corrected chi connectivity index (χ3v) is 6.68. The Bertz CT molecular complexity index is 1070. The Balaban J connectivity index is 1.60. The van der Waals surface area contributed by atoms with Crippen LogP contribution in [0, 0.1) is 13.8 Å². The molecule has 2 aliphatic heterocycles. The second kappa shape index (κ2) is 10.3. The Morgan fingerprint density at radius 2 is 1.71 bits per heavy atom. The molecule has 0 aromatic heterocycles. The normalized spacial score (nSPS) is 19.3. The van der Waals surface area contributed by atoms with Gasteiger partial charge in [0.1, 0.15) is 0 Å². The topological polar surface area (TPSA) is 65.1 Å². The minimum Gasteiger partial charge on any atom is -0.463 e. The fourth-order valence-corrected chi connectivity index (χ4v) is 4.68. The Morgan fingerprint density at radius 1 is 1.03 bits per heavy atom. The van der Waals surface area contributed by atoms with E-state index in [1.807, 2.05) is 31.2 Å². The van der Waals surface area contributed by atoms with Crippen molar-refractivity contribution in [2.24, 2.45) is 0 Å². The summed E-state index contributed by atoms with van der Waals surface area (Å²) in [6.45, 7) is 10.2. The van der Waals surface area contributed by atoms with Crippen LogP contribution in [0.3, 0.4) is 0 Å². The van der Waals surface area contributed by atoms with Crippen LogP contribution in [0.5, 0.6) is 0 Å². The quantitative estimate of drug-likeness (QED) is 0.664. The van der Waals surface area contributed by atoms with E-state index in [-0.39, 0.29) is 18.6 Å². The largest absolute Gasteiger partial charge is 0.463 e. The maximum atomic E-state index is 13.1. The number of para-hydroxylation sites is 1. The predicted octanol–water partition coefficient (Wildman–Crippen LogP) is 3.64. The maximum absolute atomic E-state index is 13.1. The number of ether oxygens (including phenoxy) is 1. The second-order valence-electron chi connectivity index (χ2n) is 8.98. The van der Waals surface area contributed by atoms with Crippen LogP contribution in [0.1, 0.15) is 29.7 Å². The van der Waals surface area contributed by atoms with E-state index in [1.165, 1.54) is 11.3 Å². The molecule has 1 N–H and O–H groups in total. The van der Waals surface area contributed by atoms with Crippen molar-refractivity contribution >= 4 is 17.7 Å². The van der Waals surface area contributed by atoms with E-state index >= 15 is 0 Å². The number of likely N-dealkylation sites (N-methyl/N-ethyl adjacent to an activating group) is 1. The van der Waals surface area contributed by atoms with Crippen molar-refractivity contribution in [2.45, 2.75) is 26.8 Å². The third kappa shape index (κ3) is 4.94. The van der Waals surface area contributed by atoms with Crippen LogP contribution in [0.4, 0.5) is 10.5 Å². The zero-order chi connectivity index (χ0) is 24.2. The molecule has 2 heterocycles. The minimum absolute atomic E-state index is 0.216. The average molecular weight is 463 g/mol. The molecule has 0 radical (unpaired) electrons. The summed E-state index contributed by atoms with van der Waals surface area (Å²) in [5.41, 5.74) is 5.75. The molecule has 0 spiro atoms. The highest BCUT2D eigenvalue weighted by atomic mass is 16.5. The third-order valence-electron chi connectivity index (χ3n) is 6.68. The van der Waals surface area contributed by atoms with Crippen molar-refractivity contribution in [3.63, 3.8) is 0 Å². The first kappa shape index (κ1) is 23.8. The van der Waals surface area contributed by atoms with Gasteiger partial charge in [-0.1, -0.05) is 48.0 Å². The molecule has 7 nitrogen and oxygen atoms in total. The summed E-state index contributed by atoms with van der Waals surface area (Å²) in [7, 11) is 1.72. The second-order valence-corrected chi connectivity index (χ2v) is 8.98. The number of amides is 2. The zero-order valence-corrected chi connectivity index (χ0v) is 20.5. The Morgan fingerprint density at radius 3 is 2.35 bits per heavy atom. The van der Waals surface area contributed by atoms with Gasteiger partial charge >= 0.3 is 12.0 Å². The molecule has 2 amide bonds. The molecule has 34 heavy (non-hydrogen) atoms. The van der Waals surface area contributed by atoms with Gasteiger partial charge in [0, 0.05) is 51.2 Å². The van der Waals surface area contributed by atoms with E-state index in [4.69, 9.17) is 4.74 Å². The molecule has 7 heteroatoms. The molecule has 2 aromatic carbocycles. The molecule has 180 valence electrons. The van der Waals surface area contributed by atoms with Crippen molar-refractivity contribution in [2.75, 3.05) is 51.3 Å². The zero-order valence-electron chi connectivity index (χ0n) is 20.5. The number of anilines is 1. The number of esters is 1.